The van der Waals surface area contributed by atoms with Crippen LogP contribution in [0.2, 0.25) is 0 Å². The first-order valence-electron chi connectivity index (χ1n) is 7.52. The van der Waals surface area contributed by atoms with Gasteiger partial charge in [0.1, 0.15) is 0 Å². The third kappa shape index (κ3) is 3.58. The molecule has 0 saturated carbocycles. The maximum absolute atomic E-state index is 11.6. The normalized spacial score (nSPS) is 18.9. The molecule has 2 heterocycles. The van der Waals surface area contributed by atoms with Gasteiger partial charge in [-0.15, -0.1) is 11.3 Å². The molecule has 112 valence electrons. The van der Waals surface area contributed by atoms with Crippen LogP contribution in [0.15, 0.2) is 5.38 Å². The molecule has 2 rings (SSSR count). The van der Waals surface area contributed by atoms with Gasteiger partial charge in [0.25, 0.3) is 0 Å². The Labute approximate surface area is 125 Å². The van der Waals surface area contributed by atoms with Gasteiger partial charge in [-0.3, -0.25) is 0 Å². The van der Waals surface area contributed by atoms with Gasteiger partial charge in [0.15, 0.2) is 5.69 Å². The Balaban J connectivity index is 1.92. The fourth-order valence-corrected chi connectivity index (χ4v) is 3.58. The van der Waals surface area contributed by atoms with E-state index in [1.807, 2.05) is 12.3 Å². The van der Waals surface area contributed by atoms with E-state index in [9.17, 15) is 4.79 Å². The van der Waals surface area contributed by atoms with Crippen molar-refractivity contribution in [1.82, 2.24) is 9.88 Å². The van der Waals surface area contributed by atoms with E-state index in [1.165, 1.54) is 6.42 Å². The van der Waals surface area contributed by atoms with Gasteiger partial charge in [-0.25, -0.2) is 9.78 Å². The van der Waals surface area contributed by atoms with Crippen LogP contribution >= 0.6 is 11.3 Å². The van der Waals surface area contributed by atoms with Crippen LogP contribution in [0.3, 0.4) is 0 Å². The number of ether oxygens (including phenoxy) is 1. The zero-order valence-corrected chi connectivity index (χ0v) is 13.4. The van der Waals surface area contributed by atoms with Crippen LogP contribution in [-0.4, -0.2) is 41.6 Å². The molecule has 0 radical (unpaired) electrons. The van der Waals surface area contributed by atoms with Gasteiger partial charge in [-0.2, -0.15) is 0 Å². The smallest absolute Gasteiger partial charge is 0.357 e. The van der Waals surface area contributed by atoms with E-state index in [4.69, 9.17) is 4.74 Å². The number of esters is 1. The van der Waals surface area contributed by atoms with Gasteiger partial charge in [-0.05, 0) is 46.2 Å². The number of piperidine rings is 1. The number of nitrogens with zero attached hydrogens (tertiary/aromatic N) is 2. The number of thiazole rings is 1. The molecule has 0 unspecified atom stereocenters. The molecule has 1 atom stereocenters. The second kappa shape index (κ2) is 7.18. The molecule has 0 aliphatic carbocycles. The van der Waals surface area contributed by atoms with Crippen LogP contribution in [0.25, 0.3) is 0 Å². The molecular formula is C15H24N2O2S. The predicted molar refractivity (Wildman–Crippen MR) is 81.4 cm³/mol. The lowest BCUT2D eigenvalue weighted by molar-refractivity contribution is 0.0520. The highest BCUT2D eigenvalue weighted by molar-refractivity contribution is 7.09. The fourth-order valence-electron chi connectivity index (χ4n) is 2.62. The maximum atomic E-state index is 11.6. The molecule has 0 bridgehead atoms. The van der Waals surface area contributed by atoms with Crippen molar-refractivity contribution in [1.29, 1.82) is 0 Å². The molecule has 5 heteroatoms. The molecule has 1 aromatic rings. The highest BCUT2D eigenvalue weighted by atomic mass is 32.1. The van der Waals surface area contributed by atoms with E-state index >= 15 is 0 Å². The molecule has 1 saturated heterocycles. The summed E-state index contributed by atoms with van der Waals surface area (Å²) in [6, 6.07) is 0.669. The summed E-state index contributed by atoms with van der Waals surface area (Å²) in [7, 11) is 0. The van der Waals surface area contributed by atoms with Crippen molar-refractivity contribution in [2.75, 3.05) is 19.7 Å². The average molecular weight is 296 g/mol. The number of rotatable bonds is 5. The van der Waals surface area contributed by atoms with E-state index in [0.29, 0.717) is 24.3 Å². The Morgan fingerprint density at radius 2 is 2.20 bits per heavy atom. The predicted octanol–water partition coefficient (Wildman–Crippen LogP) is 3.30. The Morgan fingerprint density at radius 1 is 1.50 bits per heavy atom. The molecular weight excluding hydrogens is 272 g/mol. The summed E-state index contributed by atoms with van der Waals surface area (Å²) < 4.78 is 4.99. The van der Waals surface area contributed by atoms with Gasteiger partial charge in [0.05, 0.1) is 11.6 Å². The van der Waals surface area contributed by atoms with Crippen molar-refractivity contribution < 1.29 is 9.53 Å². The van der Waals surface area contributed by atoms with Crippen molar-refractivity contribution in [2.24, 2.45) is 0 Å². The van der Waals surface area contributed by atoms with Crippen LogP contribution in [0.4, 0.5) is 0 Å². The van der Waals surface area contributed by atoms with E-state index in [0.717, 1.165) is 30.9 Å². The number of likely N-dealkylation sites (tertiary alicyclic amines) is 1. The minimum Gasteiger partial charge on any atom is -0.461 e. The largest absolute Gasteiger partial charge is 0.461 e. The number of carbonyl (C=O) groups excluding carboxylic acids is 1. The second-order valence-corrected chi connectivity index (χ2v) is 6.25. The minimum absolute atomic E-state index is 0.299. The van der Waals surface area contributed by atoms with Gasteiger partial charge >= 0.3 is 5.97 Å². The number of aromatic nitrogens is 1. The molecule has 1 aliphatic rings. The van der Waals surface area contributed by atoms with E-state index < -0.39 is 0 Å². The highest BCUT2D eigenvalue weighted by Gasteiger charge is 2.25. The Hall–Kier alpha value is -0.940. The lowest BCUT2D eigenvalue weighted by Gasteiger charge is -2.35. The number of hydrogen-bond acceptors (Lipinski definition) is 5. The van der Waals surface area contributed by atoms with Crippen LogP contribution in [0, 0.1) is 0 Å². The fraction of sp³-hybridized carbons (Fsp3) is 0.733. The van der Waals surface area contributed by atoms with Crippen molar-refractivity contribution in [3.63, 3.8) is 0 Å². The zero-order chi connectivity index (χ0) is 14.5. The molecule has 1 aromatic heterocycles. The summed E-state index contributed by atoms with van der Waals surface area (Å²) in [5.41, 5.74) is 0.469. The van der Waals surface area contributed by atoms with E-state index in [1.54, 1.807) is 11.3 Å². The first-order chi connectivity index (χ1) is 9.65. The number of hydrogen-bond donors (Lipinski definition) is 0. The van der Waals surface area contributed by atoms with Crippen molar-refractivity contribution in [2.45, 2.75) is 52.0 Å². The van der Waals surface area contributed by atoms with Crippen LogP contribution in [0.1, 0.15) is 61.4 Å². The Morgan fingerprint density at radius 3 is 2.80 bits per heavy atom. The standard InChI is InChI=1S/C15H24N2O2S/c1-4-11(3)17-8-6-12(7-9-17)14-16-13(10-20-14)15(18)19-5-2/h10-12H,4-9H2,1-3H3/t11-/m1/s1. The van der Waals surface area contributed by atoms with Crippen LogP contribution in [0.5, 0.6) is 0 Å². The third-order valence-corrected chi connectivity index (χ3v) is 5.11. The summed E-state index contributed by atoms with van der Waals surface area (Å²) in [6.07, 6.45) is 3.48. The van der Waals surface area contributed by atoms with Gasteiger partial charge < -0.3 is 9.64 Å². The summed E-state index contributed by atoms with van der Waals surface area (Å²) >= 11 is 1.60. The van der Waals surface area contributed by atoms with Crippen molar-refractivity contribution in [3.8, 4) is 0 Å². The summed E-state index contributed by atoms with van der Waals surface area (Å²) in [5.74, 6) is 0.204. The highest BCUT2D eigenvalue weighted by Crippen LogP contribution is 2.31. The second-order valence-electron chi connectivity index (χ2n) is 5.36. The molecule has 4 nitrogen and oxygen atoms in total. The molecule has 0 aromatic carbocycles. The maximum Gasteiger partial charge on any atom is 0.357 e. The van der Waals surface area contributed by atoms with Gasteiger partial charge in [-0.1, -0.05) is 6.92 Å². The third-order valence-electron chi connectivity index (χ3n) is 4.10. The summed E-state index contributed by atoms with van der Waals surface area (Å²) in [6.45, 7) is 9.02. The minimum atomic E-state index is -0.299. The van der Waals surface area contributed by atoms with Crippen molar-refractivity contribution >= 4 is 17.3 Å². The van der Waals surface area contributed by atoms with E-state index in [2.05, 4.69) is 23.7 Å². The molecule has 0 amide bonds. The molecule has 1 aliphatic heterocycles. The first kappa shape index (κ1) is 15.4. The number of carbonyl (C=O) groups is 1. The molecule has 1 fully saturated rings. The topological polar surface area (TPSA) is 42.4 Å². The summed E-state index contributed by atoms with van der Waals surface area (Å²) in [5, 5.41) is 2.92. The first-order valence-corrected chi connectivity index (χ1v) is 8.40. The SMILES string of the molecule is CCOC(=O)c1csc(C2CCN([C@H](C)CC)CC2)n1. The quantitative estimate of drug-likeness (QED) is 0.782. The lowest BCUT2D eigenvalue weighted by Crippen LogP contribution is -2.39. The zero-order valence-electron chi connectivity index (χ0n) is 12.6. The van der Waals surface area contributed by atoms with Crippen LogP contribution in [-0.2, 0) is 4.74 Å². The summed E-state index contributed by atoms with van der Waals surface area (Å²) in [4.78, 5) is 18.7. The van der Waals surface area contributed by atoms with E-state index in [-0.39, 0.29) is 5.97 Å². The lowest BCUT2D eigenvalue weighted by atomic mass is 9.96. The average Bonchev–Trinajstić information content (AvgIpc) is 2.97. The van der Waals surface area contributed by atoms with Gasteiger partial charge in [0.2, 0.25) is 0 Å². The molecule has 20 heavy (non-hydrogen) atoms. The monoisotopic (exact) mass is 296 g/mol. The van der Waals surface area contributed by atoms with Crippen molar-refractivity contribution in [3.05, 3.63) is 16.1 Å². The Bertz CT molecular complexity index is 439. The van der Waals surface area contributed by atoms with Crippen LogP contribution < -0.4 is 0 Å². The van der Waals surface area contributed by atoms with Gasteiger partial charge in [0, 0.05) is 17.3 Å². The molecule has 0 spiro atoms. The Kier molecular flexibility index (Phi) is 5.54. The molecule has 0 N–H and O–H groups in total.